The summed E-state index contributed by atoms with van der Waals surface area (Å²) in [6.45, 7) is 0.564. The van der Waals surface area contributed by atoms with Gasteiger partial charge in [-0.1, -0.05) is 29.3 Å². The lowest BCUT2D eigenvalue weighted by Gasteiger charge is -2.23. The van der Waals surface area contributed by atoms with Gasteiger partial charge >= 0.3 is 0 Å². The van der Waals surface area contributed by atoms with E-state index in [1.165, 1.54) is 0 Å². The minimum atomic E-state index is -0.0678. The fourth-order valence-electron chi connectivity index (χ4n) is 2.26. The first kappa shape index (κ1) is 14.4. The summed E-state index contributed by atoms with van der Waals surface area (Å²) in [6, 6.07) is 9.29. The maximum absolute atomic E-state index is 12.8. The largest absolute Gasteiger partial charge is 0.331 e. The Morgan fingerprint density at radius 1 is 1.19 bits per heavy atom. The molecular weight excluding hydrogens is 307 g/mol. The first-order valence-electron chi connectivity index (χ1n) is 6.80. The highest BCUT2D eigenvalue weighted by atomic mass is 35.5. The number of carbonyl (C=O) groups is 1. The highest BCUT2D eigenvalue weighted by Gasteiger charge is 2.33. The van der Waals surface area contributed by atoms with E-state index in [0.717, 1.165) is 18.4 Å². The van der Waals surface area contributed by atoms with Crippen molar-refractivity contribution in [2.24, 2.45) is 0 Å². The third kappa shape index (κ3) is 3.20. The molecule has 0 N–H and O–H groups in total. The number of pyridine rings is 1. The van der Waals surface area contributed by atoms with E-state index in [9.17, 15) is 4.79 Å². The summed E-state index contributed by atoms with van der Waals surface area (Å²) in [5.74, 6) is -0.0678. The van der Waals surface area contributed by atoms with Crippen LogP contribution >= 0.6 is 23.2 Å². The van der Waals surface area contributed by atoms with Gasteiger partial charge in [-0.25, -0.2) is 0 Å². The monoisotopic (exact) mass is 320 g/mol. The number of hydrogen-bond donors (Lipinski definition) is 0. The topological polar surface area (TPSA) is 33.2 Å². The normalized spacial score (nSPS) is 14.0. The average molecular weight is 321 g/mol. The van der Waals surface area contributed by atoms with Gasteiger partial charge in [-0.05, 0) is 42.7 Å². The maximum atomic E-state index is 12.8. The standard InChI is InChI=1S/C16H14Cl2N2O/c17-14-3-1-2-13(15(14)18)16(21)20(12-4-5-12)10-11-6-8-19-9-7-11/h1-3,6-9,12H,4-5,10H2. The molecule has 108 valence electrons. The Morgan fingerprint density at radius 2 is 1.90 bits per heavy atom. The molecule has 1 amide bonds. The van der Waals surface area contributed by atoms with Crippen LogP contribution in [0.4, 0.5) is 0 Å². The third-order valence-corrected chi connectivity index (χ3v) is 4.35. The number of amides is 1. The van der Waals surface area contributed by atoms with Crippen LogP contribution < -0.4 is 0 Å². The van der Waals surface area contributed by atoms with Crippen molar-refractivity contribution in [2.75, 3.05) is 0 Å². The minimum Gasteiger partial charge on any atom is -0.331 e. The number of halogens is 2. The second-order valence-corrected chi connectivity index (χ2v) is 5.91. The van der Waals surface area contributed by atoms with Gasteiger partial charge in [0.25, 0.3) is 5.91 Å². The van der Waals surface area contributed by atoms with Crippen molar-refractivity contribution in [2.45, 2.75) is 25.4 Å². The van der Waals surface area contributed by atoms with Crippen LogP contribution in [0.2, 0.25) is 10.0 Å². The molecule has 0 saturated heterocycles. The molecule has 1 fully saturated rings. The number of benzene rings is 1. The van der Waals surface area contributed by atoms with Gasteiger partial charge in [0, 0.05) is 25.0 Å². The van der Waals surface area contributed by atoms with Crippen molar-refractivity contribution >= 4 is 29.1 Å². The van der Waals surface area contributed by atoms with Crippen LogP contribution in [-0.4, -0.2) is 21.8 Å². The van der Waals surface area contributed by atoms with E-state index in [2.05, 4.69) is 4.98 Å². The first-order valence-corrected chi connectivity index (χ1v) is 7.56. The summed E-state index contributed by atoms with van der Waals surface area (Å²) in [6.07, 6.45) is 5.54. The third-order valence-electron chi connectivity index (χ3n) is 3.53. The Bertz CT molecular complexity index is 657. The van der Waals surface area contributed by atoms with Crippen molar-refractivity contribution in [1.82, 2.24) is 9.88 Å². The van der Waals surface area contributed by atoms with E-state index in [0.29, 0.717) is 28.2 Å². The van der Waals surface area contributed by atoms with Crippen LogP contribution in [0.15, 0.2) is 42.7 Å². The molecule has 0 bridgehead atoms. The molecule has 1 heterocycles. The summed E-state index contributed by atoms with van der Waals surface area (Å²) in [7, 11) is 0. The number of carbonyl (C=O) groups excluding carboxylic acids is 1. The van der Waals surface area contributed by atoms with Crippen molar-refractivity contribution in [1.29, 1.82) is 0 Å². The van der Waals surface area contributed by atoms with Gasteiger partial charge < -0.3 is 4.90 Å². The van der Waals surface area contributed by atoms with E-state index in [1.54, 1.807) is 30.6 Å². The van der Waals surface area contributed by atoms with Crippen LogP contribution in [0.25, 0.3) is 0 Å². The molecule has 0 atom stereocenters. The highest BCUT2D eigenvalue weighted by molar-refractivity contribution is 6.43. The van der Waals surface area contributed by atoms with Gasteiger partial charge in [0.1, 0.15) is 0 Å². The summed E-state index contributed by atoms with van der Waals surface area (Å²) in [5, 5.41) is 0.728. The van der Waals surface area contributed by atoms with E-state index < -0.39 is 0 Å². The Balaban J connectivity index is 1.87. The van der Waals surface area contributed by atoms with Crippen LogP contribution in [0.5, 0.6) is 0 Å². The van der Waals surface area contributed by atoms with E-state index in [1.807, 2.05) is 17.0 Å². The smallest absolute Gasteiger partial charge is 0.255 e. The fourth-order valence-corrected chi connectivity index (χ4v) is 2.64. The molecular formula is C16H14Cl2N2O. The van der Waals surface area contributed by atoms with Crippen molar-refractivity contribution in [3.8, 4) is 0 Å². The Hall–Kier alpha value is -1.58. The van der Waals surface area contributed by atoms with Gasteiger partial charge in [0.2, 0.25) is 0 Å². The lowest BCUT2D eigenvalue weighted by molar-refractivity contribution is 0.0730. The van der Waals surface area contributed by atoms with Gasteiger partial charge in [-0.2, -0.15) is 0 Å². The minimum absolute atomic E-state index is 0.0678. The number of rotatable bonds is 4. The number of nitrogens with zero attached hydrogens (tertiary/aromatic N) is 2. The van der Waals surface area contributed by atoms with E-state index >= 15 is 0 Å². The Labute approximate surface area is 133 Å². The molecule has 3 nitrogen and oxygen atoms in total. The summed E-state index contributed by atoms with van der Waals surface area (Å²) in [4.78, 5) is 18.6. The van der Waals surface area contributed by atoms with Crippen LogP contribution in [0, 0.1) is 0 Å². The molecule has 1 aromatic heterocycles. The molecule has 0 aliphatic heterocycles. The zero-order chi connectivity index (χ0) is 14.8. The molecule has 2 aromatic rings. The van der Waals surface area contributed by atoms with Crippen LogP contribution in [0.1, 0.15) is 28.8 Å². The molecule has 1 aliphatic rings. The van der Waals surface area contributed by atoms with Crippen LogP contribution in [-0.2, 0) is 6.54 Å². The molecule has 3 rings (SSSR count). The molecule has 21 heavy (non-hydrogen) atoms. The zero-order valence-electron chi connectivity index (χ0n) is 11.3. The predicted molar refractivity (Wildman–Crippen MR) is 83.6 cm³/mol. The summed E-state index contributed by atoms with van der Waals surface area (Å²) in [5.41, 5.74) is 1.52. The second kappa shape index (κ2) is 6.04. The van der Waals surface area contributed by atoms with Crippen LogP contribution in [0.3, 0.4) is 0 Å². The molecule has 1 aliphatic carbocycles. The van der Waals surface area contributed by atoms with Crippen molar-refractivity contribution in [3.63, 3.8) is 0 Å². The van der Waals surface area contributed by atoms with Crippen molar-refractivity contribution in [3.05, 3.63) is 63.9 Å². The molecule has 1 saturated carbocycles. The quantitative estimate of drug-likeness (QED) is 0.846. The first-order chi connectivity index (χ1) is 10.2. The van der Waals surface area contributed by atoms with Crippen molar-refractivity contribution < 1.29 is 4.79 Å². The van der Waals surface area contributed by atoms with Gasteiger partial charge in [-0.3, -0.25) is 9.78 Å². The maximum Gasteiger partial charge on any atom is 0.255 e. The predicted octanol–water partition coefficient (Wildman–Crippen LogP) is 4.19. The average Bonchev–Trinajstić information content (AvgIpc) is 3.33. The van der Waals surface area contributed by atoms with E-state index in [4.69, 9.17) is 23.2 Å². The molecule has 1 aromatic carbocycles. The molecule has 0 radical (unpaired) electrons. The van der Waals surface area contributed by atoms with Gasteiger partial charge in [0.05, 0.1) is 15.6 Å². The lowest BCUT2D eigenvalue weighted by atomic mass is 10.1. The van der Waals surface area contributed by atoms with Gasteiger partial charge in [0.15, 0.2) is 0 Å². The molecule has 0 spiro atoms. The second-order valence-electron chi connectivity index (χ2n) is 5.12. The number of aromatic nitrogens is 1. The fraction of sp³-hybridized carbons (Fsp3) is 0.250. The van der Waals surface area contributed by atoms with Gasteiger partial charge in [-0.15, -0.1) is 0 Å². The Morgan fingerprint density at radius 3 is 2.57 bits per heavy atom. The SMILES string of the molecule is O=C(c1cccc(Cl)c1Cl)N(Cc1ccncc1)C1CC1. The zero-order valence-corrected chi connectivity index (χ0v) is 12.8. The highest BCUT2D eigenvalue weighted by Crippen LogP contribution is 2.33. The Kier molecular flexibility index (Phi) is 4.13. The lowest BCUT2D eigenvalue weighted by Crippen LogP contribution is -2.32. The van der Waals surface area contributed by atoms with E-state index in [-0.39, 0.29) is 5.91 Å². The molecule has 5 heteroatoms. The summed E-state index contributed by atoms with van der Waals surface area (Å²) >= 11 is 12.2. The number of hydrogen-bond acceptors (Lipinski definition) is 2. The molecule has 0 unspecified atom stereocenters. The summed E-state index contributed by atoms with van der Waals surface area (Å²) < 4.78 is 0.